The minimum absolute atomic E-state index is 0.107. The molecular formula is C24H27N5O. The molecule has 0 bridgehead atoms. The molecule has 0 fully saturated rings. The second-order valence-corrected chi connectivity index (χ2v) is 6.30. The summed E-state index contributed by atoms with van der Waals surface area (Å²) in [6.45, 7) is 13.5. The molecule has 0 atom stereocenters. The summed E-state index contributed by atoms with van der Waals surface area (Å²) in [7, 11) is 1.84. The van der Waals surface area contributed by atoms with Crippen LogP contribution in [0.5, 0.6) is 0 Å². The lowest BCUT2D eigenvalue weighted by molar-refractivity contribution is 0.103. The summed E-state index contributed by atoms with van der Waals surface area (Å²) in [5.74, 6) is -0.107. The van der Waals surface area contributed by atoms with E-state index >= 15 is 0 Å². The Labute approximate surface area is 177 Å². The molecule has 6 nitrogen and oxygen atoms in total. The van der Waals surface area contributed by atoms with Crippen LogP contribution in [0.3, 0.4) is 0 Å². The summed E-state index contributed by atoms with van der Waals surface area (Å²) >= 11 is 0. The van der Waals surface area contributed by atoms with Crippen LogP contribution in [0.25, 0.3) is 22.8 Å². The highest BCUT2D eigenvalue weighted by Gasteiger charge is 2.14. The monoisotopic (exact) mass is 401 g/mol. The van der Waals surface area contributed by atoms with Gasteiger partial charge in [0.1, 0.15) is 0 Å². The van der Waals surface area contributed by atoms with Crippen molar-refractivity contribution < 1.29 is 4.79 Å². The number of rotatable bonds is 7. The van der Waals surface area contributed by atoms with Gasteiger partial charge >= 0.3 is 0 Å². The third-order valence-corrected chi connectivity index (χ3v) is 4.24. The fourth-order valence-corrected chi connectivity index (χ4v) is 2.67. The minimum atomic E-state index is -0.107. The van der Waals surface area contributed by atoms with E-state index in [0.717, 1.165) is 22.4 Å². The van der Waals surface area contributed by atoms with Gasteiger partial charge in [0.25, 0.3) is 0 Å². The first-order valence-electron chi connectivity index (χ1n) is 9.69. The predicted molar refractivity (Wildman–Crippen MR) is 123 cm³/mol. The molecule has 0 spiro atoms. The van der Waals surface area contributed by atoms with Crippen molar-refractivity contribution in [2.75, 3.05) is 0 Å². The number of aromatic amines is 1. The van der Waals surface area contributed by atoms with Gasteiger partial charge in [-0.1, -0.05) is 45.2 Å². The zero-order valence-electron chi connectivity index (χ0n) is 17.9. The SMILES string of the molecule is C=Cc1ncc(-c2cnn(C)c2)cc1C(=O)/C(C)=C/C=C\C(=C)c1ccn[nH]1.CC. The normalized spacial score (nSPS) is 11.1. The molecule has 1 N–H and O–H groups in total. The number of carbonyl (C=O) groups excluding carboxylic acids is 1. The van der Waals surface area contributed by atoms with Gasteiger partial charge in [0.05, 0.1) is 17.6 Å². The third-order valence-electron chi connectivity index (χ3n) is 4.24. The van der Waals surface area contributed by atoms with Gasteiger partial charge in [0.2, 0.25) is 0 Å². The van der Waals surface area contributed by atoms with Crippen molar-refractivity contribution in [1.29, 1.82) is 0 Å². The summed E-state index contributed by atoms with van der Waals surface area (Å²) in [4.78, 5) is 17.4. The fraction of sp³-hybridized carbons (Fsp3) is 0.167. The van der Waals surface area contributed by atoms with Gasteiger partial charge in [-0.2, -0.15) is 10.2 Å². The standard InChI is InChI=1S/C22H21N5O.C2H6/c1-5-20-19(11-17(12-23-20)18-13-25-27(4)14-18)22(28)16(3)8-6-7-15(2)21-9-10-24-26-21;1-2/h5-14H,1-2H2,3-4H3,(H,24,26);1-2H3/b7-6-,16-8+;. The number of allylic oxidation sites excluding steroid dienone is 5. The van der Waals surface area contributed by atoms with Crippen molar-refractivity contribution in [1.82, 2.24) is 25.0 Å². The van der Waals surface area contributed by atoms with Crippen molar-refractivity contribution in [2.24, 2.45) is 7.05 Å². The molecule has 0 saturated heterocycles. The Hall–Kier alpha value is -3.80. The van der Waals surface area contributed by atoms with Crippen LogP contribution in [-0.4, -0.2) is 30.7 Å². The smallest absolute Gasteiger partial charge is 0.190 e. The maximum absolute atomic E-state index is 13.0. The Balaban J connectivity index is 0.00000155. The zero-order chi connectivity index (χ0) is 22.1. The predicted octanol–water partition coefficient (Wildman–Crippen LogP) is 5.27. The van der Waals surface area contributed by atoms with Crippen LogP contribution in [0.15, 0.2) is 73.9 Å². The zero-order valence-corrected chi connectivity index (χ0v) is 17.9. The molecular weight excluding hydrogens is 374 g/mol. The molecule has 3 aromatic rings. The van der Waals surface area contributed by atoms with Gasteiger partial charge in [-0.25, -0.2) is 0 Å². The van der Waals surface area contributed by atoms with Gasteiger partial charge in [-0.05, 0) is 36.3 Å². The molecule has 154 valence electrons. The molecule has 0 aromatic carbocycles. The number of hydrogen-bond donors (Lipinski definition) is 1. The van der Waals surface area contributed by atoms with E-state index in [9.17, 15) is 4.79 Å². The Bertz CT molecular complexity index is 1080. The number of aromatic nitrogens is 5. The number of nitrogens with one attached hydrogen (secondary N) is 1. The fourth-order valence-electron chi connectivity index (χ4n) is 2.67. The van der Waals surface area contributed by atoms with E-state index in [-0.39, 0.29) is 5.78 Å². The second-order valence-electron chi connectivity index (χ2n) is 6.30. The van der Waals surface area contributed by atoms with Crippen LogP contribution in [-0.2, 0) is 7.05 Å². The maximum Gasteiger partial charge on any atom is 0.190 e. The largest absolute Gasteiger partial charge is 0.289 e. The average molecular weight is 402 g/mol. The minimum Gasteiger partial charge on any atom is -0.289 e. The van der Waals surface area contributed by atoms with E-state index in [0.29, 0.717) is 16.8 Å². The van der Waals surface area contributed by atoms with Gasteiger partial charge in [-0.15, -0.1) is 0 Å². The number of ketones is 1. The first-order chi connectivity index (χ1) is 14.5. The van der Waals surface area contributed by atoms with E-state index in [1.54, 1.807) is 48.4 Å². The lowest BCUT2D eigenvalue weighted by atomic mass is 9.99. The molecule has 0 unspecified atom stereocenters. The number of nitrogens with zero attached hydrogens (tertiary/aromatic N) is 4. The molecule has 0 saturated carbocycles. The Kier molecular flexibility index (Phi) is 7.99. The Morgan fingerprint density at radius 2 is 2.00 bits per heavy atom. The Morgan fingerprint density at radius 3 is 2.60 bits per heavy atom. The van der Waals surface area contributed by atoms with Crippen molar-refractivity contribution in [3.05, 3.63) is 90.8 Å². The summed E-state index contributed by atoms with van der Waals surface area (Å²) in [6, 6.07) is 3.66. The molecule has 3 heterocycles. The highest BCUT2D eigenvalue weighted by molar-refractivity contribution is 6.10. The molecule has 0 aliphatic carbocycles. The number of pyridine rings is 1. The number of aryl methyl sites for hydroxylation is 1. The summed E-state index contributed by atoms with van der Waals surface area (Å²) in [5.41, 5.74) is 4.98. The van der Waals surface area contributed by atoms with Crippen LogP contribution in [0.2, 0.25) is 0 Å². The van der Waals surface area contributed by atoms with Crippen molar-refractivity contribution >= 4 is 17.4 Å². The Morgan fingerprint density at radius 1 is 1.23 bits per heavy atom. The van der Waals surface area contributed by atoms with E-state index < -0.39 is 0 Å². The second kappa shape index (κ2) is 10.7. The van der Waals surface area contributed by atoms with Gasteiger partial charge in [0, 0.05) is 42.3 Å². The van der Waals surface area contributed by atoms with Crippen LogP contribution in [0, 0.1) is 0 Å². The van der Waals surface area contributed by atoms with Crippen LogP contribution in [0.1, 0.15) is 42.5 Å². The number of carbonyl (C=O) groups is 1. The highest BCUT2D eigenvalue weighted by Crippen LogP contribution is 2.23. The molecule has 3 aromatic heterocycles. The lowest BCUT2D eigenvalue weighted by Gasteiger charge is -2.07. The van der Waals surface area contributed by atoms with Crippen LogP contribution >= 0.6 is 0 Å². The number of hydrogen-bond acceptors (Lipinski definition) is 4. The average Bonchev–Trinajstić information content (AvgIpc) is 3.46. The maximum atomic E-state index is 13.0. The van der Waals surface area contributed by atoms with Crippen molar-refractivity contribution in [3.8, 4) is 11.1 Å². The first kappa shape index (κ1) is 22.5. The summed E-state index contributed by atoms with van der Waals surface area (Å²) in [5, 5.41) is 10.9. The van der Waals surface area contributed by atoms with Crippen molar-refractivity contribution in [2.45, 2.75) is 20.8 Å². The topological polar surface area (TPSA) is 76.5 Å². The lowest BCUT2D eigenvalue weighted by Crippen LogP contribution is -2.05. The molecule has 0 radical (unpaired) electrons. The van der Waals surface area contributed by atoms with Gasteiger partial charge in [-0.3, -0.25) is 19.6 Å². The molecule has 0 aliphatic rings. The van der Waals surface area contributed by atoms with E-state index in [1.807, 2.05) is 45.3 Å². The molecule has 0 aliphatic heterocycles. The molecule has 30 heavy (non-hydrogen) atoms. The van der Waals surface area contributed by atoms with Crippen LogP contribution < -0.4 is 0 Å². The van der Waals surface area contributed by atoms with Crippen molar-refractivity contribution in [3.63, 3.8) is 0 Å². The van der Waals surface area contributed by atoms with E-state index in [1.165, 1.54) is 0 Å². The molecule has 6 heteroatoms. The first-order valence-corrected chi connectivity index (χ1v) is 9.69. The number of Topliss-reactive ketones (excluding diaryl/α,β-unsaturated/α-hetero) is 1. The van der Waals surface area contributed by atoms with Gasteiger partial charge < -0.3 is 0 Å². The number of H-pyrrole nitrogens is 1. The van der Waals surface area contributed by atoms with Crippen LogP contribution in [0.4, 0.5) is 0 Å². The summed E-state index contributed by atoms with van der Waals surface area (Å²) < 4.78 is 1.71. The third kappa shape index (κ3) is 5.38. The molecule has 0 amide bonds. The van der Waals surface area contributed by atoms with Gasteiger partial charge in [0.15, 0.2) is 5.78 Å². The van der Waals surface area contributed by atoms with E-state index in [2.05, 4.69) is 33.4 Å². The molecule has 3 rings (SSSR count). The quantitative estimate of drug-likeness (QED) is 0.332. The summed E-state index contributed by atoms with van der Waals surface area (Å²) in [6.07, 6.45) is 14.0. The highest BCUT2D eigenvalue weighted by atomic mass is 16.1. The van der Waals surface area contributed by atoms with E-state index in [4.69, 9.17) is 0 Å².